The number of carbonyl (C=O) groups excluding carboxylic acids is 2. The molecular weight excluding hydrogens is 351 g/mol. The van der Waals surface area contributed by atoms with E-state index in [0.717, 1.165) is 6.07 Å². The molecule has 1 aliphatic heterocycles. The van der Waals surface area contributed by atoms with Crippen LogP contribution in [0.1, 0.15) is 19.8 Å². The van der Waals surface area contributed by atoms with Gasteiger partial charge in [-0.15, -0.1) is 0 Å². The molecule has 1 aromatic rings. The Morgan fingerprint density at radius 2 is 1.88 bits per heavy atom. The van der Waals surface area contributed by atoms with Crippen LogP contribution in [-0.2, 0) is 24.3 Å². The van der Waals surface area contributed by atoms with Gasteiger partial charge in [0.1, 0.15) is 16.8 Å². The number of piperidine rings is 1. The van der Waals surface area contributed by atoms with E-state index < -0.39 is 33.8 Å². The highest BCUT2D eigenvalue weighted by molar-refractivity contribution is 7.89. The number of ether oxygens (including phenoxy) is 1. The van der Waals surface area contributed by atoms with Crippen LogP contribution in [0.5, 0.6) is 0 Å². The minimum Gasteiger partial charge on any atom is -0.467 e. The Bertz CT molecular complexity index is 745. The van der Waals surface area contributed by atoms with Crippen LogP contribution >= 0.6 is 0 Å². The summed E-state index contributed by atoms with van der Waals surface area (Å²) < 4.78 is 44.5. The van der Waals surface area contributed by atoms with E-state index in [1.54, 1.807) is 0 Å². The van der Waals surface area contributed by atoms with Crippen molar-refractivity contribution in [2.45, 2.75) is 30.7 Å². The summed E-state index contributed by atoms with van der Waals surface area (Å²) in [6, 6.07) is 4.44. The summed E-state index contributed by atoms with van der Waals surface area (Å²) >= 11 is 0. The first-order chi connectivity index (χ1) is 11.8. The lowest BCUT2D eigenvalue weighted by molar-refractivity contribution is -0.145. The number of amides is 1. The van der Waals surface area contributed by atoms with Crippen molar-refractivity contribution in [1.82, 2.24) is 9.62 Å². The van der Waals surface area contributed by atoms with Crippen LogP contribution in [0.15, 0.2) is 29.2 Å². The maximum atomic E-state index is 13.8. The van der Waals surface area contributed by atoms with Crippen LogP contribution in [0.25, 0.3) is 0 Å². The number of rotatable bonds is 5. The zero-order valence-corrected chi connectivity index (χ0v) is 14.9. The first-order valence-corrected chi connectivity index (χ1v) is 9.34. The van der Waals surface area contributed by atoms with Crippen LogP contribution in [0, 0.1) is 11.7 Å². The maximum Gasteiger partial charge on any atom is 0.328 e. The molecule has 0 bridgehead atoms. The Balaban J connectivity index is 1.98. The molecule has 1 atom stereocenters. The van der Waals surface area contributed by atoms with E-state index in [1.165, 1.54) is 36.5 Å². The van der Waals surface area contributed by atoms with Gasteiger partial charge in [-0.1, -0.05) is 12.1 Å². The van der Waals surface area contributed by atoms with Crippen molar-refractivity contribution in [2.24, 2.45) is 5.92 Å². The number of nitrogens with one attached hydrogen (secondary N) is 1. The zero-order chi connectivity index (χ0) is 18.6. The minimum absolute atomic E-state index is 0.112. The fraction of sp³-hybridized carbons (Fsp3) is 0.500. The largest absolute Gasteiger partial charge is 0.467 e. The monoisotopic (exact) mass is 372 g/mol. The number of hydrogen-bond acceptors (Lipinski definition) is 5. The van der Waals surface area contributed by atoms with Crippen molar-refractivity contribution in [3.63, 3.8) is 0 Å². The molecule has 0 spiro atoms. The second-order valence-corrected chi connectivity index (χ2v) is 7.77. The number of carbonyl (C=O) groups is 2. The van der Waals surface area contributed by atoms with Gasteiger partial charge in [-0.25, -0.2) is 17.6 Å². The fourth-order valence-electron chi connectivity index (χ4n) is 2.72. The van der Waals surface area contributed by atoms with Crippen LogP contribution < -0.4 is 5.32 Å². The van der Waals surface area contributed by atoms with E-state index in [9.17, 15) is 22.4 Å². The molecule has 0 saturated carbocycles. The molecule has 138 valence electrons. The number of halogens is 1. The van der Waals surface area contributed by atoms with E-state index in [-0.39, 0.29) is 23.9 Å². The Hall–Kier alpha value is -2.00. The first-order valence-electron chi connectivity index (χ1n) is 7.90. The molecule has 1 saturated heterocycles. The molecule has 1 amide bonds. The molecular formula is C16H21FN2O5S. The van der Waals surface area contributed by atoms with Gasteiger partial charge in [0.05, 0.1) is 7.11 Å². The second kappa shape index (κ2) is 7.92. The maximum absolute atomic E-state index is 13.8. The molecule has 0 unspecified atom stereocenters. The van der Waals surface area contributed by atoms with Gasteiger partial charge in [0.15, 0.2) is 0 Å². The van der Waals surface area contributed by atoms with Gasteiger partial charge < -0.3 is 10.1 Å². The van der Waals surface area contributed by atoms with E-state index in [2.05, 4.69) is 10.1 Å². The fourth-order valence-corrected chi connectivity index (χ4v) is 4.25. The third-order valence-corrected chi connectivity index (χ3v) is 6.12. The lowest BCUT2D eigenvalue weighted by atomic mass is 9.97. The Morgan fingerprint density at radius 1 is 1.28 bits per heavy atom. The number of sulfonamides is 1. The molecule has 0 radical (unpaired) electrons. The number of hydrogen-bond donors (Lipinski definition) is 1. The lowest BCUT2D eigenvalue weighted by Crippen LogP contribution is -2.46. The average molecular weight is 372 g/mol. The van der Waals surface area contributed by atoms with Gasteiger partial charge >= 0.3 is 5.97 Å². The predicted octanol–water partition coefficient (Wildman–Crippen LogP) is 0.904. The van der Waals surface area contributed by atoms with Crippen molar-refractivity contribution in [2.75, 3.05) is 20.2 Å². The smallest absolute Gasteiger partial charge is 0.328 e. The molecule has 2 rings (SSSR count). The predicted molar refractivity (Wildman–Crippen MR) is 87.5 cm³/mol. The highest BCUT2D eigenvalue weighted by atomic mass is 32.2. The lowest BCUT2D eigenvalue weighted by Gasteiger charge is -2.31. The summed E-state index contributed by atoms with van der Waals surface area (Å²) in [6.45, 7) is 1.74. The van der Waals surface area contributed by atoms with Gasteiger partial charge in [0, 0.05) is 19.0 Å². The van der Waals surface area contributed by atoms with Gasteiger partial charge in [0.25, 0.3) is 0 Å². The normalized spacial score (nSPS) is 17.7. The Morgan fingerprint density at radius 3 is 2.44 bits per heavy atom. The van der Waals surface area contributed by atoms with Crippen molar-refractivity contribution in [3.8, 4) is 0 Å². The molecule has 1 heterocycles. The van der Waals surface area contributed by atoms with Crippen molar-refractivity contribution in [3.05, 3.63) is 30.1 Å². The quantitative estimate of drug-likeness (QED) is 0.776. The molecule has 1 aromatic carbocycles. The van der Waals surface area contributed by atoms with E-state index >= 15 is 0 Å². The van der Waals surface area contributed by atoms with Gasteiger partial charge in [-0.2, -0.15) is 4.31 Å². The van der Waals surface area contributed by atoms with Crippen LogP contribution in [0.4, 0.5) is 4.39 Å². The summed E-state index contributed by atoms with van der Waals surface area (Å²) in [6.07, 6.45) is 0.598. The van der Waals surface area contributed by atoms with Gasteiger partial charge in [-0.05, 0) is 31.9 Å². The number of benzene rings is 1. The van der Waals surface area contributed by atoms with E-state index in [1.807, 2.05) is 0 Å². The van der Waals surface area contributed by atoms with Crippen LogP contribution in [0.2, 0.25) is 0 Å². The summed E-state index contributed by atoms with van der Waals surface area (Å²) in [7, 11) is -2.70. The minimum atomic E-state index is -3.93. The molecule has 1 aliphatic rings. The molecule has 9 heteroatoms. The van der Waals surface area contributed by atoms with Crippen LogP contribution in [-0.4, -0.2) is 50.8 Å². The highest BCUT2D eigenvalue weighted by Gasteiger charge is 2.34. The highest BCUT2D eigenvalue weighted by Crippen LogP contribution is 2.25. The van der Waals surface area contributed by atoms with Crippen molar-refractivity contribution < 1.29 is 27.1 Å². The number of nitrogens with zero attached hydrogens (tertiary/aromatic N) is 1. The summed E-state index contributed by atoms with van der Waals surface area (Å²) in [5.41, 5.74) is 0. The molecule has 7 nitrogen and oxygen atoms in total. The standard InChI is InChI=1S/C16H21FN2O5S/c1-11(16(21)24-2)18-15(20)12-7-9-19(10-8-12)25(22,23)14-6-4-3-5-13(14)17/h3-6,11-12H,7-10H2,1-2H3,(H,18,20)/t11-/m0/s1. The molecule has 25 heavy (non-hydrogen) atoms. The summed E-state index contributed by atoms with van der Waals surface area (Å²) in [4.78, 5) is 23.1. The summed E-state index contributed by atoms with van der Waals surface area (Å²) in [5, 5.41) is 2.55. The Kier molecular flexibility index (Phi) is 6.12. The Labute approximate surface area is 146 Å². The molecule has 0 aliphatic carbocycles. The van der Waals surface area contributed by atoms with Gasteiger partial charge in [-0.3, -0.25) is 4.79 Å². The van der Waals surface area contributed by atoms with Crippen molar-refractivity contribution in [1.29, 1.82) is 0 Å². The first kappa shape index (κ1) is 19.3. The average Bonchev–Trinajstić information content (AvgIpc) is 2.61. The molecule has 1 N–H and O–H groups in total. The molecule has 0 aromatic heterocycles. The van der Waals surface area contributed by atoms with E-state index in [4.69, 9.17) is 0 Å². The number of methoxy groups -OCH3 is 1. The van der Waals surface area contributed by atoms with E-state index in [0.29, 0.717) is 12.8 Å². The molecule has 1 fully saturated rings. The topological polar surface area (TPSA) is 92.8 Å². The van der Waals surface area contributed by atoms with Gasteiger partial charge in [0.2, 0.25) is 15.9 Å². The summed E-state index contributed by atoms with van der Waals surface area (Å²) in [5.74, 6) is -2.07. The third kappa shape index (κ3) is 4.35. The third-order valence-electron chi connectivity index (χ3n) is 4.19. The SMILES string of the molecule is COC(=O)[C@H](C)NC(=O)C1CCN(S(=O)(=O)c2ccccc2F)CC1. The van der Waals surface area contributed by atoms with Crippen LogP contribution in [0.3, 0.4) is 0 Å². The van der Waals surface area contributed by atoms with Crippen molar-refractivity contribution >= 4 is 21.9 Å². The number of esters is 1. The zero-order valence-electron chi connectivity index (χ0n) is 14.1. The second-order valence-electron chi connectivity index (χ2n) is 5.86.